The van der Waals surface area contributed by atoms with Crippen molar-refractivity contribution in [2.75, 3.05) is 44.2 Å². The van der Waals surface area contributed by atoms with Crippen molar-refractivity contribution >= 4 is 22.5 Å². The van der Waals surface area contributed by atoms with Gasteiger partial charge in [0.25, 0.3) is 0 Å². The summed E-state index contributed by atoms with van der Waals surface area (Å²) in [5.41, 5.74) is 6.72. The molecule has 4 aliphatic heterocycles. The molecule has 0 spiro atoms. The molecule has 4 aliphatic rings. The zero-order valence-electron chi connectivity index (χ0n) is 21.0. The van der Waals surface area contributed by atoms with Crippen LogP contribution >= 0.6 is 0 Å². The van der Waals surface area contributed by atoms with Crippen molar-refractivity contribution in [2.24, 2.45) is 7.05 Å². The molecular weight excluding hydrogens is 420 g/mol. The summed E-state index contributed by atoms with van der Waals surface area (Å²) in [5.74, 6) is 0.893. The van der Waals surface area contributed by atoms with Crippen LogP contribution in [0.1, 0.15) is 49.4 Å². The predicted octanol–water partition coefficient (Wildman–Crippen LogP) is 4.79. The zero-order chi connectivity index (χ0) is 23.7. The fraction of sp³-hybridized carbons (Fsp3) is 0.483. The molecule has 5 heteroatoms. The second kappa shape index (κ2) is 9.93. The quantitative estimate of drug-likeness (QED) is 0.563. The summed E-state index contributed by atoms with van der Waals surface area (Å²) in [5, 5.41) is 1.37. The van der Waals surface area contributed by atoms with E-state index in [9.17, 15) is 4.79 Å². The molecule has 2 fully saturated rings. The van der Waals surface area contributed by atoms with Gasteiger partial charge in [-0.2, -0.15) is 0 Å². The summed E-state index contributed by atoms with van der Waals surface area (Å²) in [7, 11) is 2.22. The van der Waals surface area contributed by atoms with Gasteiger partial charge in [-0.05, 0) is 55.6 Å². The Morgan fingerprint density at radius 2 is 1.68 bits per heavy atom. The number of rotatable bonds is 4. The molecule has 1 aromatic heterocycles. The molecule has 3 aromatic rings. The average molecular weight is 459 g/mol. The van der Waals surface area contributed by atoms with Crippen molar-refractivity contribution in [3.63, 3.8) is 0 Å². The SMILES string of the molecule is CC.Cn1c2c(c3ccc(N4CCN(CCc5ccccc5)CC4=O)cc31)CN1CCC2CC1. The molecule has 0 atom stereocenters. The smallest absolute Gasteiger partial charge is 0.241 e. The van der Waals surface area contributed by atoms with Crippen LogP contribution in [0.5, 0.6) is 0 Å². The molecule has 5 nitrogen and oxygen atoms in total. The molecule has 2 aromatic carbocycles. The number of piperidine rings is 1. The second-order valence-corrected chi connectivity index (χ2v) is 9.73. The van der Waals surface area contributed by atoms with E-state index < -0.39 is 0 Å². The largest absolute Gasteiger partial charge is 0.347 e. The minimum Gasteiger partial charge on any atom is -0.347 e. The molecule has 2 bridgehead atoms. The van der Waals surface area contributed by atoms with Crippen LogP contribution < -0.4 is 4.90 Å². The highest BCUT2D eigenvalue weighted by molar-refractivity contribution is 5.98. The first-order chi connectivity index (χ1) is 16.7. The van der Waals surface area contributed by atoms with E-state index in [4.69, 9.17) is 0 Å². The lowest BCUT2D eigenvalue weighted by Gasteiger charge is -2.34. The molecule has 0 saturated carbocycles. The van der Waals surface area contributed by atoms with Gasteiger partial charge < -0.3 is 9.47 Å². The molecule has 0 radical (unpaired) electrons. The standard InChI is InChI=1S/C27H32N4O.C2H6/c1-28-25-17-22(7-8-23(25)24-18-29-13-10-21(11-14-29)27(24)28)31-16-15-30(19-26(31)32)12-9-20-5-3-2-4-6-20;1-2/h2-8,17,21H,9-16,18-19H2,1H3;1-2H3. The molecule has 34 heavy (non-hydrogen) atoms. The van der Waals surface area contributed by atoms with Crippen LogP contribution in [0, 0.1) is 0 Å². The van der Waals surface area contributed by atoms with Crippen LogP contribution in [0.2, 0.25) is 0 Å². The predicted molar refractivity (Wildman–Crippen MR) is 140 cm³/mol. The fourth-order valence-electron chi connectivity index (χ4n) is 6.08. The van der Waals surface area contributed by atoms with Gasteiger partial charge in [0.1, 0.15) is 0 Å². The normalized spacial score (nSPS) is 22.3. The maximum Gasteiger partial charge on any atom is 0.241 e. The van der Waals surface area contributed by atoms with Gasteiger partial charge in [-0.15, -0.1) is 0 Å². The second-order valence-electron chi connectivity index (χ2n) is 9.73. The van der Waals surface area contributed by atoms with E-state index in [0.29, 0.717) is 12.5 Å². The lowest BCUT2D eigenvalue weighted by Crippen LogP contribution is -2.50. The number of nitrogens with zero attached hydrogens (tertiary/aromatic N) is 4. The molecule has 0 unspecified atom stereocenters. The summed E-state index contributed by atoms with van der Waals surface area (Å²) >= 11 is 0. The van der Waals surface area contributed by atoms with Crippen molar-refractivity contribution in [1.82, 2.24) is 14.4 Å². The molecule has 180 valence electrons. The lowest BCUT2D eigenvalue weighted by molar-refractivity contribution is -0.121. The lowest BCUT2D eigenvalue weighted by atomic mass is 9.94. The van der Waals surface area contributed by atoms with Gasteiger partial charge in [0, 0.05) is 55.9 Å². The first-order valence-corrected chi connectivity index (χ1v) is 13.1. The van der Waals surface area contributed by atoms with E-state index in [1.165, 1.54) is 53.7 Å². The number of carbonyl (C=O) groups excluding carboxylic acids is 1. The van der Waals surface area contributed by atoms with Gasteiger partial charge in [-0.1, -0.05) is 50.2 Å². The summed E-state index contributed by atoms with van der Waals surface area (Å²) in [6.07, 6.45) is 3.54. The Morgan fingerprint density at radius 3 is 2.41 bits per heavy atom. The number of hydrogen-bond donors (Lipinski definition) is 0. The molecule has 0 N–H and O–H groups in total. The summed E-state index contributed by atoms with van der Waals surface area (Å²) < 4.78 is 2.42. The fourth-order valence-corrected chi connectivity index (χ4v) is 6.08. The third kappa shape index (κ3) is 4.27. The maximum atomic E-state index is 13.1. The number of benzene rings is 2. The highest BCUT2D eigenvalue weighted by atomic mass is 16.2. The summed E-state index contributed by atoms with van der Waals surface area (Å²) in [6, 6.07) is 17.2. The Bertz CT molecular complexity index is 1140. The Hall–Kier alpha value is -2.63. The van der Waals surface area contributed by atoms with E-state index in [-0.39, 0.29) is 5.91 Å². The van der Waals surface area contributed by atoms with Gasteiger partial charge in [0.2, 0.25) is 5.91 Å². The van der Waals surface area contributed by atoms with Crippen molar-refractivity contribution in [3.05, 3.63) is 65.4 Å². The number of piperazine rings is 1. The first-order valence-electron chi connectivity index (χ1n) is 13.1. The Kier molecular flexibility index (Phi) is 6.75. The highest BCUT2D eigenvalue weighted by Crippen LogP contribution is 2.41. The minimum absolute atomic E-state index is 0.213. The topological polar surface area (TPSA) is 31.7 Å². The molecule has 0 aliphatic carbocycles. The summed E-state index contributed by atoms with van der Waals surface area (Å²) in [6.45, 7) is 10.7. The number of fused-ring (bicyclic) bond motifs is 3. The Labute approximate surface area is 203 Å². The van der Waals surface area contributed by atoms with Gasteiger partial charge >= 0.3 is 0 Å². The van der Waals surface area contributed by atoms with Gasteiger partial charge in [-0.3, -0.25) is 14.6 Å². The number of amides is 1. The number of aromatic nitrogens is 1. The van der Waals surface area contributed by atoms with E-state index in [1.807, 2.05) is 18.7 Å². The van der Waals surface area contributed by atoms with Gasteiger partial charge in [-0.25, -0.2) is 0 Å². The van der Waals surface area contributed by atoms with Gasteiger partial charge in [0.05, 0.1) is 12.1 Å². The molecule has 2 saturated heterocycles. The van der Waals surface area contributed by atoms with Crippen LogP contribution in [-0.4, -0.2) is 59.5 Å². The monoisotopic (exact) mass is 458 g/mol. The average Bonchev–Trinajstić information content (AvgIpc) is 3.02. The minimum atomic E-state index is 0.213. The van der Waals surface area contributed by atoms with E-state index in [0.717, 1.165) is 38.3 Å². The van der Waals surface area contributed by atoms with Crippen LogP contribution in [-0.2, 0) is 24.8 Å². The molecular formula is C29H38N4O. The maximum absolute atomic E-state index is 13.1. The Morgan fingerprint density at radius 1 is 0.912 bits per heavy atom. The van der Waals surface area contributed by atoms with Crippen molar-refractivity contribution in [2.45, 2.75) is 45.6 Å². The Balaban J connectivity index is 0.00000117. The van der Waals surface area contributed by atoms with Crippen LogP contribution in [0.3, 0.4) is 0 Å². The van der Waals surface area contributed by atoms with E-state index in [1.54, 1.807) is 0 Å². The van der Waals surface area contributed by atoms with Crippen LogP contribution in [0.15, 0.2) is 48.5 Å². The number of aryl methyl sites for hydroxylation is 1. The first kappa shape index (κ1) is 23.1. The highest BCUT2D eigenvalue weighted by Gasteiger charge is 2.32. The third-order valence-corrected chi connectivity index (χ3v) is 7.87. The molecule has 7 rings (SSSR count). The number of hydrogen-bond acceptors (Lipinski definition) is 3. The van der Waals surface area contributed by atoms with Crippen LogP contribution in [0.4, 0.5) is 5.69 Å². The number of anilines is 1. The summed E-state index contributed by atoms with van der Waals surface area (Å²) in [4.78, 5) is 19.9. The van der Waals surface area contributed by atoms with E-state index >= 15 is 0 Å². The number of carbonyl (C=O) groups is 1. The van der Waals surface area contributed by atoms with Crippen molar-refractivity contribution in [3.8, 4) is 0 Å². The van der Waals surface area contributed by atoms with Crippen molar-refractivity contribution < 1.29 is 4.79 Å². The van der Waals surface area contributed by atoms with Crippen LogP contribution in [0.25, 0.3) is 10.9 Å². The van der Waals surface area contributed by atoms with E-state index in [2.05, 4.69) is 69.9 Å². The van der Waals surface area contributed by atoms with Gasteiger partial charge in [0.15, 0.2) is 0 Å². The molecule has 1 amide bonds. The third-order valence-electron chi connectivity index (χ3n) is 7.87. The zero-order valence-corrected chi connectivity index (χ0v) is 21.0. The van der Waals surface area contributed by atoms with Crippen molar-refractivity contribution in [1.29, 1.82) is 0 Å². The molecule has 5 heterocycles.